The second-order valence-corrected chi connectivity index (χ2v) is 10.2. The van der Waals surface area contributed by atoms with Crippen molar-refractivity contribution in [3.05, 3.63) is 87.9 Å². The van der Waals surface area contributed by atoms with Crippen molar-refractivity contribution in [3.63, 3.8) is 0 Å². The number of hydrogen-bond donors (Lipinski definition) is 2. The van der Waals surface area contributed by atoms with Gasteiger partial charge < -0.3 is 15.2 Å². The first-order valence-electron chi connectivity index (χ1n) is 10.1. The van der Waals surface area contributed by atoms with Gasteiger partial charge in [-0.15, -0.1) is 0 Å². The lowest BCUT2D eigenvalue weighted by molar-refractivity contribution is -0.131. The number of rotatable bonds is 9. The summed E-state index contributed by atoms with van der Waals surface area (Å²) in [6, 6.07) is 17.6. The van der Waals surface area contributed by atoms with Crippen LogP contribution in [0.4, 0.5) is 0 Å². The van der Waals surface area contributed by atoms with Gasteiger partial charge in [-0.25, -0.2) is 8.42 Å². The fourth-order valence-corrected chi connectivity index (χ4v) is 4.93. The van der Waals surface area contributed by atoms with Gasteiger partial charge in [0.05, 0.1) is 20.9 Å². The lowest BCUT2D eigenvalue weighted by atomic mass is 10.1. The molecular formula is C24H23Cl2NO5S. The Morgan fingerprint density at radius 2 is 1.73 bits per heavy atom. The summed E-state index contributed by atoms with van der Waals surface area (Å²) in [6.07, 6.45) is -0.0128. The zero-order valence-corrected chi connectivity index (χ0v) is 20.1. The lowest BCUT2D eigenvalue weighted by Crippen LogP contribution is -2.23. The SMILES string of the molecule is CC(=O)Oc1ccc(S(=O)(=O)c2ccc(CCNC[C@@H](O)c3cccc(Cl)c3)cc2)cc1Cl. The van der Waals surface area contributed by atoms with Crippen molar-refractivity contribution in [1.82, 2.24) is 5.32 Å². The Morgan fingerprint density at radius 3 is 2.36 bits per heavy atom. The third-order valence-corrected chi connectivity index (χ3v) is 7.16. The molecule has 0 aromatic heterocycles. The molecule has 3 rings (SSSR count). The molecule has 0 amide bonds. The van der Waals surface area contributed by atoms with Crippen LogP contribution in [0.3, 0.4) is 0 Å². The van der Waals surface area contributed by atoms with Crippen molar-refractivity contribution < 1.29 is 23.1 Å². The Labute approximate surface area is 203 Å². The third-order valence-electron chi connectivity index (χ3n) is 4.86. The van der Waals surface area contributed by atoms with E-state index in [-0.39, 0.29) is 20.6 Å². The van der Waals surface area contributed by atoms with Gasteiger partial charge in [-0.05, 0) is 66.6 Å². The van der Waals surface area contributed by atoms with Crippen LogP contribution in [-0.4, -0.2) is 32.6 Å². The van der Waals surface area contributed by atoms with Crippen LogP contribution < -0.4 is 10.1 Å². The van der Waals surface area contributed by atoms with E-state index >= 15 is 0 Å². The summed E-state index contributed by atoms with van der Waals surface area (Å²) in [5.41, 5.74) is 1.69. The summed E-state index contributed by atoms with van der Waals surface area (Å²) in [5.74, 6) is -0.442. The molecule has 174 valence electrons. The summed E-state index contributed by atoms with van der Waals surface area (Å²) in [4.78, 5) is 11.2. The van der Waals surface area contributed by atoms with Gasteiger partial charge in [0.15, 0.2) is 0 Å². The standard InChI is InChI=1S/C24H23Cl2NO5S/c1-16(28)32-24-10-9-21(14-22(24)26)33(30,31)20-7-5-17(6-8-20)11-12-27-15-23(29)18-3-2-4-19(25)13-18/h2-10,13-14,23,27,29H,11-12,15H2,1H3/t23-/m1/s1. The Bertz CT molecular complexity index is 1230. The van der Waals surface area contributed by atoms with E-state index in [1.54, 1.807) is 42.5 Å². The molecule has 33 heavy (non-hydrogen) atoms. The molecule has 0 spiro atoms. The Morgan fingerprint density at radius 1 is 1.03 bits per heavy atom. The van der Waals surface area contributed by atoms with E-state index in [1.165, 1.54) is 25.1 Å². The number of halogens is 2. The first kappa shape index (κ1) is 25.2. The van der Waals surface area contributed by atoms with Crippen LogP contribution in [0.2, 0.25) is 10.0 Å². The number of benzene rings is 3. The molecule has 1 atom stereocenters. The van der Waals surface area contributed by atoms with Gasteiger partial charge in [0.2, 0.25) is 9.84 Å². The van der Waals surface area contributed by atoms with E-state index < -0.39 is 21.9 Å². The normalized spacial score (nSPS) is 12.4. The van der Waals surface area contributed by atoms with Gasteiger partial charge >= 0.3 is 5.97 Å². The summed E-state index contributed by atoms with van der Waals surface area (Å²) < 4.78 is 30.8. The third kappa shape index (κ3) is 6.79. The number of aliphatic hydroxyl groups excluding tert-OH is 1. The number of carbonyl (C=O) groups is 1. The molecular weight excluding hydrogens is 485 g/mol. The molecule has 0 aliphatic carbocycles. The van der Waals surface area contributed by atoms with Gasteiger partial charge in [-0.2, -0.15) is 0 Å². The number of hydrogen-bond acceptors (Lipinski definition) is 6. The number of carbonyl (C=O) groups excluding carboxylic acids is 1. The highest BCUT2D eigenvalue weighted by molar-refractivity contribution is 7.91. The molecule has 0 heterocycles. The van der Waals surface area contributed by atoms with Crippen molar-refractivity contribution in [2.75, 3.05) is 13.1 Å². The molecule has 0 radical (unpaired) electrons. The van der Waals surface area contributed by atoms with Crippen molar-refractivity contribution >= 4 is 39.0 Å². The van der Waals surface area contributed by atoms with Crippen LogP contribution in [0.5, 0.6) is 5.75 Å². The summed E-state index contributed by atoms with van der Waals surface area (Å²) in [6.45, 7) is 2.22. The van der Waals surface area contributed by atoms with Gasteiger partial charge in [0.1, 0.15) is 5.75 Å². The van der Waals surface area contributed by atoms with Gasteiger partial charge in [0.25, 0.3) is 0 Å². The average molecular weight is 508 g/mol. The van der Waals surface area contributed by atoms with E-state index in [0.717, 1.165) is 11.1 Å². The molecule has 0 bridgehead atoms. The van der Waals surface area contributed by atoms with Crippen LogP contribution in [0.1, 0.15) is 24.2 Å². The lowest BCUT2D eigenvalue weighted by Gasteiger charge is -2.13. The smallest absolute Gasteiger partial charge is 0.308 e. The minimum Gasteiger partial charge on any atom is -0.425 e. The molecule has 0 saturated heterocycles. The predicted octanol–water partition coefficient (Wildman–Crippen LogP) is 4.62. The van der Waals surface area contributed by atoms with E-state index in [0.29, 0.717) is 24.5 Å². The first-order chi connectivity index (χ1) is 15.7. The maximum atomic E-state index is 12.9. The van der Waals surface area contributed by atoms with E-state index in [1.807, 2.05) is 6.07 Å². The first-order valence-corrected chi connectivity index (χ1v) is 12.4. The van der Waals surface area contributed by atoms with E-state index in [4.69, 9.17) is 27.9 Å². The predicted molar refractivity (Wildman–Crippen MR) is 128 cm³/mol. The second kappa shape index (κ2) is 11.1. The fraction of sp³-hybridized carbons (Fsp3) is 0.208. The van der Waals surface area contributed by atoms with Crippen LogP contribution in [-0.2, 0) is 21.1 Å². The minimum absolute atomic E-state index is 0.00724. The number of esters is 1. The van der Waals surface area contributed by atoms with Crippen LogP contribution in [0, 0.1) is 0 Å². The van der Waals surface area contributed by atoms with Gasteiger partial charge in [0, 0.05) is 18.5 Å². The van der Waals surface area contributed by atoms with Crippen LogP contribution in [0.25, 0.3) is 0 Å². The molecule has 0 aliphatic heterocycles. The topological polar surface area (TPSA) is 92.7 Å². The molecule has 3 aromatic rings. The fourth-order valence-electron chi connectivity index (χ4n) is 3.16. The summed E-state index contributed by atoms with van der Waals surface area (Å²) in [7, 11) is -3.78. The molecule has 9 heteroatoms. The molecule has 6 nitrogen and oxygen atoms in total. The number of ether oxygens (including phenoxy) is 1. The van der Waals surface area contributed by atoms with Gasteiger partial charge in [-0.3, -0.25) is 4.79 Å². The molecule has 0 saturated carbocycles. The Balaban J connectivity index is 1.58. The number of sulfone groups is 1. The molecule has 2 N–H and O–H groups in total. The molecule has 0 unspecified atom stereocenters. The molecule has 0 aliphatic rings. The maximum absolute atomic E-state index is 12.9. The summed E-state index contributed by atoms with van der Waals surface area (Å²) in [5, 5.41) is 14.0. The largest absolute Gasteiger partial charge is 0.425 e. The van der Waals surface area contributed by atoms with Crippen LogP contribution >= 0.6 is 23.2 Å². The summed E-state index contributed by atoms with van der Waals surface area (Å²) >= 11 is 12.0. The van der Waals surface area contributed by atoms with Crippen molar-refractivity contribution in [2.24, 2.45) is 0 Å². The van der Waals surface area contributed by atoms with E-state index in [9.17, 15) is 18.3 Å². The highest BCUT2D eigenvalue weighted by Crippen LogP contribution is 2.30. The number of aliphatic hydroxyl groups is 1. The van der Waals surface area contributed by atoms with E-state index in [2.05, 4.69) is 5.32 Å². The number of nitrogens with one attached hydrogen (secondary N) is 1. The van der Waals surface area contributed by atoms with Crippen molar-refractivity contribution in [1.29, 1.82) is 0 Å². The molecule has 0 fully saturated rings. The highest BCUT2D eigenvalue weighted by atomic mass is 35.5. The highest BCUT2D eigenvalue weighted by Gasteiger charge is 2.19. The van der Waals surface area contributed by atoms with Crippen molar-refractivity contribution in [3.8, 4) is 5.75 Å². The van der Waals surface area contributed by atoms with Gasteiger partial charge in [-0.1, -0.05) is 47.5 Å². The second-order valence-electron chi connectivity index (χ2n) is 7.36. The Kier molecular flexibility index (Phi) is 8.51. The maximum Gasteiger partial charge on any atom is 0.308 e. The monoisotopic (exact) mass is 507 g/mol. The zero-order valence-electron chi connectivity index (χ0n) is 17.8. The van der Waals surface area contributed by atoms with Crippen LogP contribution in [0.15, 0.2) is 76.5 Å². The van der Waals surface area contributed by atoms with Crippen molar-refractivity contribution in [2.45, 2.75) is 29.2 Å². The zero-order chi connectivity index (χ0) is 24.0. The quantitative estimate of drug-likeness (QED) is 0.249. The minimum atomic E-state index is -3.78. The Hall–Kier alpha value is -2.42. The molecule has 3 aromatic carbocycles. The average Bonchev–Trinajstić information content (AvgIpc) is 2.78.